The standard InChI is InChI=1S/C13H16ClNO3S/c1-19-7-6-11(13(17)18)15-12(16)8-9-2-4-10(14)5-3-9/h2-5,11H,6-8H2,1H3,(H,15,16)(H,17,18). The summed E-state index contributed by atoms with van der Waals surface area (Å²) in [6.07, 6.45) is 2.47. The van der Waals surface area contributed by atoms with E-state index >= 15 is 0 Å². The summed E-state index contributed by atoms with van der Waals surface area (Å²) in [7, 11) is 0. The molecular formula is C13H16ClNO3S. The van der Waals surface area contributed by atoms with Gasteiger partial charge in [0.2, 0.25) is 5.91 Å². The molecule has 0 saturated carbocycles. The van der Waals surface area contributed by atoms with E-state index in [2.05, 4.69) is 5.32 Å². The molecule has 1 amide bonds. The topological polar surface area (TPSA) is 66.4 Å². The Labute approximate surface area is 121 Å². The van der Waals surface area contributed by atoms with Crippen molar-refractivity contribution in [2.45, 2.75) is 18.9 Å². The molecule has 0 aliphatic carbocycles. The van der Waals surface area contributed by atoms with Gasteiger partial charge < -0.3 is 10.4 Å². The molecule has 0 spiro atoms. The summed E-state index contributed by atoms with van der Waals surface area (Å²) in [6, 6.07) is 6.07. The van der Waals surface area contributed by atoms with E-state index in [1.54, 1.807) is 36.0 Å². The number of amides is 1. The Morgan fingerprint density at radius 1 is 1.37 bits per heavy atom. The molecule has 0 aliphatic heterocycles. The molecule has 1 atom stereocenters. The lowest BCUT2D eigenvalue weighted by Crippen LogP contribution is -2.41. The maximum absolute atomic E-state index is 11.8. The van der Waals surface area contributed by atoms with Crippen LogP contribution >= 0.6 is 23.4 Å². The number of rotatable bonds is 7. The van der Waals surface area contributed by atoms with Crippen LogP contribution in [0, 0.1) is 0 Å². The van der Waals surface area contributed by atoms with E-state index in [-0.39, 0.29) is 12.3 Å². The van der Waals surface area contributed by atoms with Gasteiger partial charge in [-0.2, -0.15) is 11.8 Å². The summed E-state index contributed by atoms with van der Waals surface area (Å²) < 4.78 is 0. The molecule has 0 fully saturated rings. The van der Waals surface area contributed by atoms with Crippen molar-refractivity contribution in [3.8, 4) is 0 Å². The van der Waals surface area contributed by atoms with Crippen LogP contribution < -0.4 is 5.32 Å². The van der Waals surface area contributed by atoms with Crippen molar-refractivity contribution in [3.63, 3.8) is 0 Å². The number of thioether (sulfide) groups is 1. The fourth-order valence-corrected chi connectivity index (χ4v) is 2.12. The van der Waals surface area contributed by atoms with E-state index in [1.165, 1.54) is 0 Å². The van der Waals surface area contributed by atoms with Crippen molar-refractivity contribution >= 4 is 35.2 Å². The average Bonchev–Trinajstić information content (AvgIpc) is 2.37. The van der Waals surface area contributed by atoms with Crippen LogP contribution in [0.4, 0.5) is 0 Å². The number of carboxylic acids is 1. The van der Waals surface area contributed by atoms with E-state index in [4.69, 9.17) is 16.7 Å². The summed E-state index contributed by atoms with van der Waals surface area (Å²) in [6.45, 7) is 0. The highest BCUT2D eigenvalue weighted by Gasteiger charge is 2.19. The second-order valence-corrected chi connectivity index (χ2v) is 5.47. The SMILES string of the molecule is CSCCC(NC(=O)Cc1ccc(Cl)cc1)C(=O)O. The van der Waals surface area contributed by atoms with Gasteiger partial charge >= 0.3 is 5.97 Å². The van der Waals surface area contributed by atoms with Crippen LogP contribution in [-0.4, -0.2) is 35.0 Å². The lowest BCUT2D eigenvalue weighted by Gasteiger charge is -2.13. The van der Waals surface area contributed by atoms with Gasteiger partial charge in [-0.3, -0.25) is 4.79 Å². The first-order valence-corrected chi connectivity index (χ1v) is 7.55. The molecule has 0 heterocycles. The minimum Gasteiger partial charge on any atom is -0.480 e. The molecule has 0 saturated heterocycles. The molecule has 6 heteroatoms. The first-order chi connectivity index (χ1) is 9.02. The average molecular weight is 302 g/mol. The van der Waals surface area contributed by atoms with Crippen molar-refractivity contribution in [2.75, 3.05) is 12.0 Å². The monoisotopic (exact) mass is 301 g/mol. The van der Waals surface area contributed by atoms with Gasteiger partial charge in [-0.15, -0.1) is 0 Å². The molecule has 1 aromatic carbocycles. The van der Waals surface area contributed by atoms with E-state index in [0.29, 0.717) is 17.2 Å². The maximum atomic E-state index is 11.8. The van der Waals surface area contributed by atoms with Crippen molar-refractivity contribution in [1.82, 2.24) is 5.32 Å². The first-order valence-electron chi connectivity index (χ1n) is 5.78. The number of nitrogens with one attached hydrogen (secondary N) is 1. The van der Waals surface area contributed by atoms with Crippen molar-refractivity contribution in [2.24, 2.45) is 0 Å². The van der Waals surface area contributed by atoms with Gasteiger partial charge in [0, 0.05) is 5.02 Å². The molecule has 1 rings (SSSR count). The lowest BCUT2D eigenvalue weighted by atomic mass is 10.1. The van der Waals surface area contributed by atoms with Crippen molar-refractivity contribution < 1.29 is 14.7 Å². The summed E-state index contributed by atoms with van der Waals surface area (Å²) in [5.41, 5.74) is 0.802. The molecule has 1 unspecified atom stereocenters. The zero-order valence-corrected chi connectivity index (χ0v) is 12.1. The molecule has 0 aliphatic rings. The number of aliphatic carboxylic acids is 1. The van der Waals surface area contributed by atoms with Gasteiger partial charge in [0.25, 0.3) is 0 Å². The number of carbonyl (C=O) groups excluding carboxylic acids is 1. The van der Waals surface area contributed by atoms with E-state index in [0.717, 1.165) is 5.56 Å². The van der Waals surface area contributed by atoms with Crippen LogP contribution in [0.25, 0.3) is 0 Å². The Hall–Kier alpha value is -1.20. The minimum absolute atomic E-state index is 0.153. The molecule has 104 valence electrons. The van der Waals surface area contributed by atoms with Gasteiger partial charge in [-0.25, -0.2) is 4.79 Å². The number of hydrogen-bond acceptors (Lipinski definition) is 3. The fraction of sp³-hybridized carbons (Fsp3) is 0.385. The third kappa shape index (κ3) is 5.98. The third-order valence-electron chi connectivity index (χ3n) is 2.52. The fourth-order valence-electron chi connectivity index (χ4n) is 1.53. The van der Waals surface area contributed by atoms with Gasteiger partial charge in [-0.1, -0.05) is 23.7 Å². The Bertz CT molecular complexity index is 436. The molecular weight excluding hydrogens is 286 g/mol. The summed E-state index contributed by atoms with van der Waals surface area (Å²) in [5, 5.41) is 12.1. The summed E-state index contributed by atoms with van der Waals surface area (Å²) >= 11 is 7.30. The zero-order chi connectivity index (χ0) is 14.3. The summed E-state index contributed by atoms with van der Waals surface area (Å²) in [4.78, 5) is 22.8. The van der Waals surface area contributed by atoms with Crippen LogP contribution in [0.1, 0.15) is 12.0 Å². The summed E-state index contributed by atoms with van der Waals surface area (Å²) in [5.74, 6) is -0.604. The maximum Gasteiger partial charge on any atom is 0.326 e. The first kappa shape index (κ1) is 15.9. The van der Waals surface area contributed by atoms with Crippen LogP contribution in [-0.2, 0) is 16.0 Å². The lowest BCUT2D eigenvalue weighted by molar-refractivity contribution is -0.141. The number of carbonyl (C=O) groups is 2. The van der Waals surface area contributed by atoms with E-state index in [9.17, 15) is 9.59 Å². The predicted molar refractivity (Wildman–Crippen MR) is 77.7 cm³/mol. The van der Waals surface area contributed by atoms with E-state index in [1.807, 2.05) is 6.26 Å². The van der Waals surface area contributed by atoms with Gasteiger partial charge in [-0.05, 0) is 36.1 Å². The minimum atomic E-state index is -1.00. The molecule has 19 heavy (non-hydrogen) atoms. The molecule has 0 radical (unpaired) electrons. The van der Waals surface area contributed by atoms with Crippen LogP contribution in [0.2, 0.25) is 5.02 Å². The van der Waals surface area contributed by atoms with Gasteiger partial charge in [0.1, 0.15) is 6.04 Å². The van der Waals surface area contributed by atoms with Gasteiger partial charge in [0.05, 0.1) is 6.42 Å². The highest BCUT2D eigenvalue weighted by Crippen LogP contribution is 2.10. The Morgan fingerprint density at radius 3 is 2.53 bits per heavy atom. The third-order valence-corrected chi connectivity index (χ3v) is 3.42. The second kappa shape index (κ2) is 8.07. The van der Waals surface area contributed by atoms with Crippen molar-refractivity contribution in [1.29, 1.82) is 0 Å². The van der Waals surface area contributed by atoms with E-state index < -0.39 is 12.0 Å². The predicted octanol–water partition coefficient (Wildman–Crippen LogP) is 2.20. The van der Waals surface area contributed by atoms with Crippen LogP contribution in [0.5, 0.6) is 0 Å². The largest absolute Gasteiger partial charge is 0.480 e. The van der Waals surface area contributed by atoms with Crippen molar-refractivity contribution in [3.05, 3.63) is 34.9 Å². The number of hydrogen-bond donors (Lipinski definition) is 2. The second-order valence-electron chi connectivity index (χ2n) is 4.04. The molecule has 0 aromatic heterocycles. The smallest absolute Gasteiger partial charge is 0.326 e. The number of carboxylic acid groups (broad SMARTS) is 1. The molecule has 0 bridgehead atoms. The quantitative estimate of drug-likeness (QED) is 0.810. The van der Waals surface area contributed by atoms with Crippen LogP contribution in [0.3, 0.4) is 0 Å². The number of halogens is 1. The molecule has 2 N–H and O–H groups in total. The Kier molecular flexibility index (Phi) is 6.73. The molecule has 1 aromatic rings. The highest BCUT2D eigenvalue weighted by molar-refractivity contribution is 7.98. The highest BCUT2D eigenvalue weighted by atomic mass is 35.5. The van der Waals surface area contributed by atoms with Crippen LogP contribution in [0.15, 0.2) is 24.3 Å². The Morgan fingerprint density at radius 2 is 2.00 bits per heavy atom. The van der Waals surface area contributed by atoms with Gasteiger partial charge in [0.15, 0.2) is 0 Å². The number of benzene rings is 1. The zero-order valence-electron chi connectivity index (χ0n) is 10.6. The molecule has 4 nitrogen and oxygen atoms in total. The normalized spacial score (nSPS) is 11.9. The Balaban J connectivity index is 2.52.